The van der Waals surface area contributed by atoms with Gasteiger partial charge in [-0.2, -0.15) is 0 Å². The van der Waals surface area contributed by atoms with Gasteiger partial charge in [-0.05, 0) is 45.4 Å². The van der Waals surface area contributed by atoms with Crippen LogP contribution in [0, 0.1) is 0 Å². The fourth-order valence-electron chi connectivity index (χ4n) is 4.45. The van der Waals surface area contributed by atoms with Crippen LogP contribution in [0.15, 0.2) is 78.9 Å². The standard InChI is InChI=1S/C27H23NO2/c29-27(28-17-7-11-20-9-5-8-19-10-6-16-21(19)20)30-18-26-24-14-3-1-12-22(24)23-13-2-4-15-25(23)26/h1-15,26H,16-18H2,(H,28,29). The Labute approximate surface area is 176 Å². The van der Waals surface area contributed by atoms with Crippen LogP contribution in [-0.4, -0.2) is 19.2 Å². The number of alkyl carbamates (subject to hydrolysis) is 1. The van der Waals surface area contributed by atoms with Crippen LogP contribution in [0.3, 0.4) is 0 Å². The van der Waals surface area contributed by atoms with Crippen molar-refractivity contribution < 1.29 is 9.53 Å². The Morgan fingerprint density at radius 2 is 1.70 bits per heavy atom. The summed E-state index contributed by atoms with van der Waals surface area (Å²) in [5.74, 6) is 0.0816. The van der Waals surface area contributed by atoms with Crippen molar-refractivity contribution in [3.8, 4) is 11.1 Å². The van der Waals surface area contributed by atoms with Crippen LogP contribution in [-0.2, 0) is 11.2 Å². The minimum absolute atomic E-state index is 0.0816. The molecule has 0 aromatic heterocycles. The molecule has 0 spiro atoms. The largest absolute Gasteiger partial charge is 0.449 e. The molecular formula is C27H23NO2. The van der Waals surface area contributed by atoms with Crippen molar-refractivity contribution in [3.05, 3.63) is 107 Å². The first-order chi connectivity index (χ1) is 14.8. The molecule has 30 heavy (non-hydrogen) atoms. The highest BCUT2D eigenvalue weighted by molar-refractivity contribution is 5.79. The molecule has 0 saturated heterocycles. The monoisotopic (exact) mass is 393 g/mol. The molecule has 3 aromatic rings. The number of amides is 1. The summed E-state index contributed by atoms with van der Waals surface area (Å²) < 4.78 is 5.57. The first-order valence-electron chi connectivity index (χ1n) is 10.3. The van der Waals surface area contributed by atoms with Crippen LogP contribution in [0.4, 0.5) is 4.79 Å². The molecule has 2 aliphatic rings. The highest BCUT2D eigenvalue weighted by Crippen LogP contribution is 2.44. The zero-order valence-corrected chi connectivity index (χ0v) is 16.7. The van der Waals surface area contributed by atoms with Crippen molar-refractivity contribution in [1.29, 1.82) is 0 Å². The third-order valence-corrected chi connectivity index (χ3v) is 5.87. The molecule has 0 unspecified atom stereocenters. The molecule has 3 aromatic carbocycles. The average molecular weight is 393 g/mol. The third-order valence-electron chi connectivity index (χ3n) is 5.87. The summed E-state index contributed by atoms with van der Waals surface area (Å²) in [6.07, 6.45) is 8.94. The second kappa shape index (κ2) is 8.03. The maximum atomic E-state index is 12.2. The van der Waals surface area contributed by atoms with Crippen LogP contribution in [0.5, 0.6) is 0 Å². The van der Waals surface area contributed by atoms with Gasteiger partial charge in [-0.3, -0.25) is 0 Å². The SMILES string of the molecule is O=C(NCC=Cc1cccc2c1CC=C2)OCC1c2ccccc2-c2ccccc21. The van der Waals surface area contributed by atoms with Crippen molar-refractivity contribution in [2.45, 2.75) is 12.3 Å². The van der Waals surface area contributed by atoms with E-state index in [1.807, 2.05) is 18.2 Å². The van der Waals surface area contributed by atoms with E-state index in [4.69, 9.17) is 4.74 Å². The Bertz CT molecular complexity index is 1110. The van der Waals surface area contributed by atoms with Crippen molar-refractivity contribution in [2.75, 3.05) is 13.2 Å². The van der Waals surface area contributed by atoms with Crippen LogP contribution in [0.2, 0.25) is 0 Å². The Hall–Kier alpha value is -3.59. The molecule has 0 bridgehead atoms. The van der Waals surface area contributed by atoms with Gasteiger partial charge in [-0.25, -0.2) is 4.79 Å². The highest BCUT2D eigenvalue weighted by atomic mass is 16.5. The maximum absolute atomic E-state index is 12.2. The summed E-state index contributed by atoms with van der Waals surface area (Å²) in [5.41, 5.74) is 8.73. The quantitative estimate of drug-likeness (QED) is 0.594. The first-order valence-corrected chi connectivity index (χ1v) is 10.3. The lowest BCUT2D eigenvalue weighted by Crippen LogP contribution is -2.26. The smallest absolute Gasteiger partial charge is 0.407 e. The van der Waals surface area contributed by atoms with Gasteiger partial charge in [-0.15, -0.1) is 0 Å². The molecule has 3 heteroatoms. The Morgan fingerprint density at radius 3 is 2.47 bits per heavy atom. The maximum Gasteiger partial charge on any atom is 0.407 e. The molecule has 5 rings (SSSR count). The molecule has 148 valence electrons. The molecule has 3 nitrogen and oxygen atoms in total. The number of allylic oxidation sites excluding steroid dienone is 1. The van der Waals surface area contributed by atoms with Crippen LogP contribution >= 0.6 is 0 Å². The number of rotatable bonds is 5. The number of hydrogen-bond acceptors (Lipinski definition) is 2. The Kier molecular flexibility index (Phi) is 4.94. The summed E-state index contributed by atoms with van der Waals surface area (Å²) in [6, 6.07) is 23.0. The van der Waals surface area contributed by atoms with Gasteiger partial charge in [0, 0.05) is 12.5 Å². The Morgan fingerprint density at radius 1 is 0.967 bits per heavy atom. The number of carbonyl (C=O) groups excluding carboxylic acids is 1. The lowest BCUT2D eigenvalue weighted by Gasteiger charge is -2.14. The number of benzene rings is 3. The third kappa shape index (κ3) is 3.43. The average Bonchev–Trinajstić information content (AvgIpc) is 3.39. The fraction of sp³-hybridized carbons (Fsp3) is 0.148. The lowest BCUT2D eigenvalue weighted by molar-refractivity contribution is 0.144. The van der Waals surface area contributed by atoms with Crippen molar-refractivity contribution in [1.82, 2.24) is 5.32 Å². The van der Waals surface area contributed by atoms with Crippen molar-refractivity contribution in [3.63, 3.8) is 0 Å². The van der Waals surface area contributed by atoms with E-state index in [1.165, 1.54) is 38.9 Å². The molecule has 1 amide bonds. The van der Waals surface area contributed by atoms with E-state index in [0.29, 0.717) is 13.2 Å². The number of nitrogens with one attached hydrogen (secondary N) is 1. The number of ether oxygens (including phenoxy) is 1. The lowest BCUT2D eigenvalue weighted by atomic mass is 9.98. The Balaban J connectivity index is 1.18. The summed E-state index contributed by atoms with van der Waals surface area (Å²) in [5, 5.41) is 2.83. The summed E-state index contributed by atoms with van der Waals surface area (Å²) in [7, 11) is 0. The van der Waals surface area contributed by atoms with Gasteiger partial charge in [-0.1, -0.05) is 91.0 Å². The predicted octanol–water partition coefficient (Wildman–Crippen LogP) is 5.81. The van der Waals surface area contributed by atoms with E-state index >= 15 is 0 Å². The predicted molar refractivity (Wildman–Crippen MR) is 121 cm³/mol. The van der Waals surface area contributed by atoms with Crippen molar-refractivity contribution >= 4 is 18.2 Å². The molecule has 1 N–H and O–H groups in total. The zero-order chi connectivity index (χ0) is 20.3. The van der Waals surface area contributed by atoms with Crippen molar-refractivity contribution in [2.24, 2.45) is 0 Å². The molecule has 0 aliphatic heterocycles. The van der Waals surface area contributed by atoms with Gasteiger partial charge >= 0.3 is 6.09 Å². The second-order valence-electron chi connectivity index (χ2n) is 7.63. The first kappa shape index (κ1) is 18.4. The summed E-state index contributed by atoms with van der Waals surface area (Å²) in [4.78, 5) is 12.2. The number of fused-ring (bicyclic) bond motifs is 4. The molecule has 0 saturated carbocycles. The van der Waals surface area contributed by atoms with E-state index in [2.05, 4.69) is 78.1 Å². The molecule has 0 radical (unpaired) electrons. The van der Waals surface area contributed by atoms with Gasteiger partial charge < -0.3 is 10.1 Å². The van der Waals surface area contributed by atoms with E-state index in [9.17, 15) is 4.79 Å². The molecular weight excluding hydrogens is 370 g/mol. The van der Waals surface area contributed by atoms with Crippen LogP contribution in [0.25, 0.3) is 23.3 Å². The van der Waals surface area contributed by atoms with Crippen LogP contribution in [0.1, 0.15) is 33.7 Å². The van der Waals surface area contributed by atoms with Gasteiger partial charge in [0.25, 0.3) is 0 Å². The fourth-order valence-corrected chi connectivity index (χ4v) is 4.45. The summed E-state index contributed by atoms with van der Waals surface area (Å²) in [6.45, 7) is 0.773. The van der Waals surface area contributed by atoms with E-state index < -0.39 is 0 Å². The van der Waals surface area contributed by atoms with E-state index in [-0.39, 0.29) is 12.0 Å². The van der Waals surface area contributed by atoms with Gasteiger partial charge in [0.2, 0.25) is 0 Å². The number of carbonyl (C=O) groups is 1. The summed E-state index contributed by atoms with van der Waals surface area (Å²) >= 11 is 0. The van der Waals surface area contributed by atoms with Crippen LogP contribution < -0.4 is 5.32 Å². The normalized spacial score (nSPS) is 13.9. The second-order valence-corrected chi connectivity index (χ2v) is 7.63. The minimum atomic E-state index is -0.388. The zero-order valence-electron chi connectivity index (χ0n) is 16.7. The van der Waals surface area contributed by atoms with E-state index in [1.54, 1.807) is 0 Å². The molecule has 0 heterocycles. The number of hydrogen-bond donors (Lipinski definition) is 1. The molecule has 0 atom stereocenters. The highest BCUT2D eigenvalue weighted by Gasteiger charge is 2.28. The van der Waals surface area contributed by atoms with E-state index in [0.717, 1.165) is 6.42 Å². The van der Waals surface area contributed by atoms with Gasteiger partial charge in [0.1, 0.15) is 6.61 Å². The van der Waals surface area contributed by atoms with Gasteiger partial charge in [0.15, 0.2) is 0 Å². The minimum Gasteiger partial charge on any atom is -0.449 e. The van der Waals surface area contributed by atoms with Gasteiger partial charge in [0.05, 0.1) is 0 Å². The molecule has 2 aliphatic carbocycles. The molecule has 0 fully saturated rings. The topological polar surface area (TPSA) is 38.3 Å².